The first-order chi connectivity index (χ1) is 10.2. The normalized spacial score (nSPS) is 10.7. The van der Waals surface area contributed by atoms with Crippen molar-refractivity contribution in [3.8, 4) is 22.6 Å². The average molecular weight is 285 g/mol. The van der Waals surface area contributed by atoms with Gasteiger partial charge in [-0.1, -0.05) is 44.2 Å². The number of hydrogen-bond donors (Lipinski definition) is 1. The molecule has 0 heterocycles. The van der Waals surface area contributed by atoms with E-state index < -0.39 is 0 Å². The zero-order valence-corrected chi connectivity index (χ0v) is 13.1. The Morgan fingerprint density at radius 3 is 2.33 bits per heavy atom. The molecule has 112 valence electrons. The minimum Gasteiger partial charge on any atom is -0.493 e. The van der Waals surface area contributed by atoms with Gasteiger partial charge in [0.05, 0.1) is 14.2 Å². The van der Waals surface area contributed by atoms with Gasteiger partial charge in [-0.2, -0.15) is 0 Å². The van der Waals surface area contributed by atoms with Crippen molar-refractivity contribution >= 4 is 0 Å². The van der Waals surface area contributed by atoms with E-state index in [1.54, 1.807) is 14.2 Å². The molecule has 0 bridgehead atoms. The predicted molar refractivity (Wildman–Crippen MR) is 87.0 cm³/mol. The van der Waals surface area contributed by atoms with E-state index in [9.17, 15) is 0 Å². The van der Waals surface area contributed by atoms with Crippen molar-refractivity contribution in [3.63, 3.8) is 0 Å². The Kier molecular flexibility index (Phi) is 5.23. The number of hydrogen-bond acceptors (Lipinski definition) is 3. The van der Waals surface area contributed by atoms with E-state index in [4.69, 9.17) is 9.47 Å². The van der Waals surface area contributed by atoms with E-state index in [-0.39, 0.29) is 0 Å². The standard InChI is InChI=1S/C18H23NO2/c1-13(2)19-12-15-7-5-6-8-16(15)14-9-10-17(20-3)18(11-14)21-4/h5-11,13,19H,12H2,1-4H3. The Bertz CT molecular complexity index is 594. The van der Waals surface area contributed by atoms with Gasteiger partial charge in [0, 0.05) is 12.6 Å². The smallest absolute Gasteiger partial charge is 0.161 e. The van der Waals surface area contributed by atoms with Crippen LogP contribution in [-0.2, 0) is 6.54 Å². The second-order valence-electron chi connectivity index (χ2n) is 5.26. The average Bonchev–Trinajstić information content (AvgIpc) is 2.52. The highest BCUT2D eigenvalue weighted by Gasteiger charge is 2.09. The first-order valence-corrected chi connectivity index (χ1v) is 7.19. The molecular weight excluding hydrogens is 262 g/mol. The third kappa shape index (κ3) is 3.76. The Balaban J connectivity index is 2.37. The van der Waals surface area contributed by atoms with Gasteiger partial charge in [-0.25, -0.2) is 0 Å². The summed E-state index contributed by atoms with van der Waals surface area (Å²) >= 11 is 0. The topological polar surface area (TPSA) is 30.5 Å². The summed E-state index contributed by atoms with van der Waals surface area (Å²) in [5.74, 6) is 1.50. The molecular formula is C18H23NO2. The van der Waals surface area contributed by atoms with Gasteiger partial charge in [-0.15, -0.1) is 0 Å². The highest BCUT2D eigenvalue weighted by molar-refractivity contribution is 5.70. The van der Waals surface area contributed by atoms with E-state index in [1.807, 2.05) is 12.1 Å². The quantitative estimate of drug-likeness (QED) is 0.874. The molecule has 1 N–H and O–H groups in total. The van der Waals surface area contributed by atoms with Crippen LogP contribution >= 0.6 is 0 Å². The molecule has 2 aromatic rings. The lowest BCUT2D eigenvalue weighted by molar-refractivity contribution is 0.355. The summed E-state index contributed by atoms with van der Waals surface area (Å²) in [6.45, 7) is 5.15. The lowest BCUT2D eigenvalue weighted by atomic mass is 9.99. The van der Waals surface area contributed by atoms with Crippen molar-refractivity contribution in [1.82, 2.24) is 5.32 Å². The van der Waals surface area contributed by atoms with Crippen LogP contribution in [0.15, 0.2) is 42.5 Å². The maximum Gasteiger partial charge on any atom is 0.161 e. The lowest BCUT2D eigenvalue weighted by Gasteiger charge is -2.14. The maximum absolute atomic E-state index is 5.40. The summed E-state index contributed by atoms with van der Waals surface area (Å²) in [6.07, 6.45) is 0. The summed E-state index contributed by atoms with van der Waals surface area (Å²) in [6, 6.07) is 14.9. The molecule has 0 unspecified atom stereocenters. The molecule has 0 aromatic heterocycles. The summed E-state index contributed by atoms with van der Waals surface area (Å²) in [5.41, 5.74) is 3.62. The third-order valence-corrected chi connectivity index (χ3v) is 3.41. The van der Waals surface area contributed by atoms with Crippen LogP contribution in [0, 0.1) is 0 Å². The molecule has 0 fully saturated rings. The molecule has 0 spiro atoms. The predicted octanol–water partition coefficient (Wildman–Crippen LogP) is 3.87. The Hall–Kier alpha value is -2.00. The van der Waals surface area contributed by atoms with E-state index >= 15 is 0 Å². The van der Waals surface area contributed by atoms with E-state index in [0.29, 0.717) is 6.04 Å². The SMILES string of the molecule is COc1ccc(-c2ccccc2CNC(C)C)cc1OC. The molecule has 0 aliphatic carbocycles. The van der Waals surface area contributed by atoms with Crippen molar-refractivity contribution in [2.24, 2.45) is 0 Å². The number of ether oxygens (including phenoxy) is 2. The van der Waals surface area contributed by atoms with E-state index in [1.165, 1.54) is 11.1 Å². The molecule has 0 amide bonds. The third-order valence-electron chi connectivity index (χ3n) is 3.41. The van der Waals surface area contributed by atoms with Crippen LogP contribution < -0.4 is 14.8 Å². The van der Waals surface area contributed by atoms with Crippen molar-refractivity contribution in [2.45, 2.75) is 26.4 Å². The molecule has 0 aliphatic rings. The minimum absolute atomic E-state index is 0.462. The van der Waals surface area contributed by atoms with Crippen LogP contribution in [0.4, 0.5) is 0 Å². The summed E-state index contributed by atoms with van der Waals surface area (Å²) in [5, 5.41) is 3.47. The lowest BCUT2D eigenvalue weighted by Crippen LogP contribution is -2.22. The zero-order chi connectivity index (χ0) is 15.2. The first kappa shape index (κ1) is 15.4. The summed E-state index contributed by atoms with van der Waals surface area (Å²) in [4.78, 5) is 0. The van der Waals surface area contributed by atoms with E-state index in [2.05, 4.69) is 49.5 Å². The molecule has 2 rings (SSSR count). The molecule has 0 aliphatic heterocycles. The van der Waals surface area contributed by atoms with Crippen LogP contribution in [0.2, 0.25) is 0 Å². The highest BCUT2D eigenvalue weighted by Crippen LogP contribution is 2.33. The fourth-order valence-electron chi connectivity index (χ4n) is 2.27. The van der Waals surface area contributed by atoms with Gasteiger partial charge in [0.25, 0.3) is 0 Å². The van der Waals surface area contributed by atoms with Crippen LogP contribution in [0.25, 0.3) is 11.1 Å². The minimum atomic E-state index is 0.462. The Morgan fingerprint density at radius 1 is 0.952 bits per heavy atom. The molecule has 0 radical (unpaired) electrons. The Morgan fingerprint density at radius 2 is 1.67 bits per heavy atom. The number of methoxy groups -OCH3 is 2. The fourth-order valence-corrected chi connectivity index (χ4v) is 2.27. The summed E-state index contributed by atoms with van der Waals surface area (Å²) < 4.78 is 10.7. The van der Waals surface area contributed by atoms with Gasteiger partial charge < -0.3 is 14.8 Å². The van der Waals surface area contributed by atoms with Crippen molar-refractivity contribution in [3.05, 3.63) is 48.0 Å². The molecule has 21 heavy (non-hydrogen) atoms. The fraction of sp³-hybridized carbons (Fsp3) is 0.333. The number of nitrogens with one attached hydrogen (secondary N) is 1. The van der Waals surface area contributed by atoms with Gasteiger partial charge in [0.15, 0.2) is 11.5 Å². The number of rotatable bonds is 6. The molecule has 0 atom stereocenters. The molecule has 2 aromatic carbocycles. The molecule has 0 saturated heterocycles. The van der Waals surface area contributed by atoms with Gasteiger partial charge in [0.2, 0.25) is 0 Å². The van der Waals surface area contributed by atoms with Crippen LogP contribution in [0.5, 0.6) is 11.5 Å². The number of benzene rings is 2. The molecule has 3 heteroatoms. The highest BCUT2D eigenvalue weighted by atomic mass is 16.5. The van der Waals surface area contributed by atoms with Crippen molar-refractivity contribution in [1.29, 1.82) is 0 Å². The van der Waals surface area contributed by atoms with Gasteiger partial charge in [-0.3, -0.25) is 0 Å². The summed E-state index contributed by atoms with van der Waals surface area (Å²) in [7, 11) is 3.31. The van der Waals surface area contributed by atoms with Gasteiger partial charge >= 0.3 is 0 Å². The zero-order valence-electron chi connectivity index (χ0n) is 13.1. The molecule has 3 nitrogen and oxygen atoms in total. The second kappa shape index (κ2) is 7.14. The van der Waals surface area contributed by atoms with Crippen molar-refractivity contribution < 1.29 is 9.47 Å². The second-order valence-corrected chi connectivity index (χ2v) is 5.26. The monoisotopic (exact) mass is 285 g/mol. The Labute approximate surface area is 126 Å². The van der Waals surface area contributed by atoms with Crippen LogP contribution in [0.1, 0.15) is 19.4 Å². The first-order valence-electron chi connectivity index (χ1n) is 7.19. The van der Waals surface area contributed by atoms with Crippen LogP contribution in [0.3, 0.4) is 0 Å². The largest absolute Gasteiger partial charge is 0.493 e. The van der Waals surface area contributed by atoms with Gasteiger partial charge in [0.1, 0.15) is 0 Å². The van der Waals surface area contributed by atoms with E-state index in [0.717, 1.165) is 23.6 Å². The van der Waals surface area contributed by atoms with Crippen LogP contribution in [-0.4, -0.2) is 20.3 Å². The van der Waals surface area contributed by atoms with Crippen molar-refractivity contribution in [2.75, 3.05) is 14.2 Å². The maximum atomic E-state index is 5.40. The molecule has 0 saturated carbocycles. The van der Waals surface area contributed by atoms with Gasteiger partial charge in [-0.05, 0) is 28.8 Å².